The van der Waals surface area contributed by atoms with Crippen molar-refractivity contribution in [2.45, 2.75) is 5.41 Å². The molecule has 0 atom stereocenters. The standard InChI is InChI=1S/C45H30N3/c1-4-16-31(17-5-1)38-30-47-27-15-14-26-43(47)46-44(38)48-41-25-13-11-23-35(41)37-28-36-34-22-10-12-24-39(34)45(40(36)29-42(37)48,32-18-6-2-7-19-32)33-20-8-3-9-21-33/h1-30H/q+1. The van der Waals surface area contributed by atoms with Crippen LogP contribution in [-0.2, 0) is 5.41 Å². The first-order chi connectivity index (χ1) is 23.8. The molecule has 9 aromatic rings. The minimum absolute atomic E-state index is 0.487. The molecule has 0 aliphatic heterocycles. The number of hydrogen-bond donors (Lipinski definition) is 0. The van der Waals surface area contributed by atoms with Crippen LogP contribution in [0.25, 0.3) is 55.5 Å². The van der Waals surface area contributed by atoms with Gasteiger partial charge in [-0.2, -0.15) is 0 Å². The molecule has 48 heavy (non-hydrogen) atoms. The first-order valence-electron chi connectivity index (χ1n) is 16.5. The molecule has 3 heterocycles. The van der Waals surface area contributed by atoms with Gasteiger partial charge in [0.2, 0.25) is 0 Å². The van der Waals surface area contributed by atoms with Crippen LogP contribution in [0.4, 0.5) is 0 Å². The predicted molar refractivity (Wildman–Crippen MR) is 194 cm³/mol. The molecule has 0 radical (unpaired) electrons. The maximum Gasteiger partial charge on any atom is 0.330 e. The Morgan fingerprint density at radius 3 is 1.90 bits per heavy atom. The summed E-state index contributed by atoms with van der Waals surface area (Å²) in [4.78, 5) is 5.41. The average Bonchev–Trinajstić information content (AvgIpc) is 3.64. The molecule has 0 bridgehead atoms. The lowest BCUT2D eigenvalue weighted by Gasteiger charge is -2.33. The number of benzene rings is 6. The maximum atomic E-state index is 5.41. The monoisotopic (exact) mass is 612 g/mol. The number of hydrogen-bond acceptors (Lipinski definition) is 1. The van der Waals surface area contributed by atoms with E-state index in [1.807, 2.05) is 0 Å². The summed E-state index contributed by atoms with van der Waals surface area (Å²) in [5.41, 5.74) is 12.6. The number of fused-ring (bicyclic) bond motifs is 7. The molecule has 224 valence electrons. The summed E-state index contributed by atoms with van der Waals surface area (Å²) in [6, 6.07) is 61.5. The molecule has 0 fully saturated rings. The normalized spacial score (nSPS) is 13.2. The Balaban J connectivity index is 1.38. The van der Waals surface area contributed by atoms with E-state index in [-0.39, 0.29) is 0 Å². The van der Waals surface area contributed by atoms with Crippen LogP contribution in [0.3, 0.4) is 0 Å². The molecule has 6 aromatic carbocycles. The second-order valence-electron chi connectivity index (χ2n) is 12.6. The fraction of sp³-hybridized carbons (Fsp3) is 0.0222. The van der Waals surface area contributed by atoms with Crippen LogP contribution in [0.5, 0.6) is 0 Å². The first-order valence-corrected chi connectivity index (χ1v) is 16.5. The fourth-order valence-corrected chi connectivity index (χ4v) is 8.14. The van der Waals surface area contributed by atoms with E-state index < -0.39 is 5.41 Å². The Labute approximate surface area is 278 Å². The van der Waals surface area contributed by atoms with E-state index >= 15 is 0 Å². The molecule has 1 aliphatic carbocycles. The van der Waals surface area contributed by atoms with Gasteiger partial charge >= 0.3 is 5.65 Å². The van der Waals surface area contributed by atoms with E-state index in [0.29, 0.717) is 0 Å². The molecule has 0 spiro atoms. The van der Waals surface area contributed by atoms with Crippen molar-refractivity contribution in [2.75, 3.05) is 0 Å². The molecule has 0 N–H and O–H groups in total. The molecule has 0 saturated heterocycles. The molecule has 10 rings (SSSR count). The second kappa shape index (κ2) is 10.3. The molecule has 3 nitrogen and oxygen atoms in total. The highest BCUT2D eigenvalue weighted by Gasteiger charge is 2.46. The van der Waals surface area contributed by atoms with Crippen LogP contribution in [0.2, 0.25) is 0 Å². The van der Waals surface area contributed by atoms with E-state index in [9.17, 15) is 0 Å². The van der Waals surface area contributed by atoms with Crippen molar-refractivity contribution in [1.82, 2.24) is 9.55 Å². The second-order valence-corrected chi connectivity index (χ2v) is 12.6. The van der Waals surface area contributed by atoms with Crippen molar-refractivity contribution in [2.24, 2.45) is 0 Å². The van der Waals surface area contributed by atoms with Gasteiger partial charge in [0.15, 0.2) is 0 Å². The Kier molecular flexibility index (Phi) is 5.79. The average molecular weight is 613 g/mol. The van der Waals surface area contributed by atoms with Crippen LogP contribution in [0, 0.1) is 0 Å². The van der Waals surface area contributed by atoms with Gasteiger partial charge in [0, 0.05) is 16.8 Å². The smallest absolute Gasteiger partial charge is 0.272 e. The SMILES string of the molecule is c1ccc(-c2c[n+]3ccccc3nc2-n2c3ccccc3c3cc4c(cc32)C(c2ccccc2)(c2ccccc2)c2ccccc2-4)cc1. The molecular weight excluding hydrogens is 583 g/mol. The van der Waals surface area contributed by atoms with Gasteiger partial charge in [-0.15, -0.1) is 0 Å². The molecular formula is C45H30N3+. The van der Waals surface area contributed by atoms with Crippen molar-refractivity contribution in [3.8, 4) is 28.1 Å². The van der Waals surface area contributed by atoms with Crippen molar-refractivity contribution in [1.29, 1.82) is 0 Å². The highest BCUT2D eigenvalue weighted by Crippen LogP contribution is 2.57. The zero-order chi connectivity index (χ0) is 31.7. The van der Waals surface area contributed by atoms with Gasteiger partial charge in [-0.05, 0) is 68.2 Å². The Bertz CT molecular complexity index is 2620. The summed E-state index contributed by atoms with van der Waals surface area (Å²) < 4.78 is 4.51. The summed E-state index contributed by atoms with van der Waals surface area (Å²) in [6.07, 6.45) is 4.29. The van der Waals surface area contributed by atoms with Crippen molar-refractivity contribution in [3.05, 3.63) is 205 Å². The van der Waals surface area contributed by atoms with Crippen LogP contribution < -0.4 is 4.40 Å². The third-order valence-electron chi connectivity index (χ3n) is 10.1. The Morgan fingerprint density at radius 1 is 0.479 bits per heavy atom. The maximum absolute atomic E-state index is 5.41. The molecule has 3 heteroatoms. The predicted octanol–water partition coefficient (Wildman–Crippen LogP) is 9.95. The number of rotatable bonds is 4. The largest absolute Gasteiger partial charge is 0.330 e. The number of pyridine rings is 1. The summed E-state index contributed by atoms with van der Waals surface area (Å²) >= 11 is 0. The summed E-state index contributed by atoms with van der Waals surface area (Å²) in [6.45, 7) is 0. The van der Waals surface area contributed by atoms with Crippen LogP contribution in [0.1, 0.15) is 22.3 Å². The molecule has 3 aromatic heterocycles. The third kappa shape index (κ3) is 3.70. The third-order valence-corrected chi connectivity index (χ3v) is 10.1. The van der Waals surface area contributed by atoms with Gasteiger partial charge in [0.25, 0.3) is 5.82 Å². The fourth-order valence-electron chi connectivity index (χ4n) is 8.14. The minimum Gasteiger partial charge on any atom is -0.272 e. The van der Waals surface area contributed by atoms with Gasteiger partial charge < -0.3 is 0 Å². The molecule has 0 unspecified atom stereocenters. The van der Waals surface area contributed by atoms with Gasteiger partial charge in [-0.3, -0.25) is 4.57 Å². The highest BCUT2D eigenvalue weighted by molar-refractivity contribution is 6.12. The lowest BCUT2D eigenvalue weighted by Crippen LogP contribution is -2.28. The molecule has 1 aliphatic rings. The quantitative estimate of drug-likeness (QED) is 0.181. The molecule has 0 amide bonds. The zero-order valence-corrected chi connectivity index (χ0v) is 26.2. The lowest BCUT2D eigenvalue weighted by atomic mass is 9.67. The lowest BCUT2D eigenvalue weighted by molar-refractivity contribution is -0.513. The number of nitrogens with zero attached hydrogens (tertiary/aromatic N) is 3. The number of para-hydroxylation sites is 1. The summed E-state index contributed by atoms with van der Waals surface area (Å²) in [5, 5.41) is 2.43. The van der Waals surface area contributed by atoms with E-state index in [4.69, 9.17) is 4.98 Å². The van der Waals surface area contributed by atoms with E-state index in [1.54, 1.807) is 0 Å². The molecule has 0 saturated carbocycles. The Morgan fingerprint density at radius 2 is 1.12 bits per heavy atom. The Hall–Kier alpha value is -6.32. The highest BCUT2D eigenvalue weighted by atomic mass is 15.1. The first kappa shape index (κ1) is 26.9. The van der Waals surface area contributed by atoms with E-state index in [2.05, 4.69) is 191 Å². The topological polar surface area (TPSA) is 21.9 Å². The van der Waals surface area contributed by atoms with Gasteiger partial charge in [-0.25, -0.2) is 4.40 Å². The van der Waals surface area contributed by atoms with E-state index in [1.165, 1.54) is 44.2 Å². The van der Waals surface area contributed by atoms with Crippen LogP contribution in [0.15, 0.2) is 182 Å². The number of aromatic nitrogens is 3. The van der Waals surface area contributed by atoms with E-state index in [0.717, 1.165) is 33.6 Å². The minimum atomic E-state index is -0.487. The van der Waals surface area contributed by atoms with Gasteiger partial charge in [-0.1, -0.05) is 140 Å². The van der Waals surface area contributed by atoms with Crippen molar-refractivity contribution < 1.29 is 4.40 Å². The van der Waals surface area contributed by atoms with Crippen LogP contribution in [-0.4, -0.2) is 9.55 Å². The van der Waals surface area contributed by atoms with Crippen molar-refractivity contribution in [3.63, 3.8) is 0 Å². The van der Waals surface area contributed by atoms with Crippen LogP contribution >= 0.6 is 0 Å². The van der Waals surface area contributed by atoms with Gasteiger partial charge in [0.05, 0.1) is 28.2 Å². The van der Waals surface area contributed by atoms with Gasteiger partial charge in [0.1, 0.15) is 6.20 Å². The zero-order valence-electron chi connectivity index (χ0n) is 26.2. The van der Waals surface area contributed by atoms with Crippen molar-refractivity contribution >= 4 is 27.5 Å². The summed E-state index contributed by atoms with van der Waals surface area (Å²) in [7, 11) is 0. The summed E-state index contributed by atoms with van der Waals surface area (Å²) in [5.74, 6) is 0.916.